The lowest BCUT2D eigenvalue weighted by Crippen LogP contribution is -2.41. The summed E-state index contributed by atoms with van der Waals surface area (Å²) < 4.78 is 12.8. The summed E-state index contributed by atoms with van der Waals surface area (Å²) in [6.45, 7) is 4.95. The van der Waals surface area contributed by atoms with Gasteiger partial charge >= 0.3 is 0 Å². The molecular weight excluding hydrogens is 320 g/mol. The maximum atomic E-state index is 12.7. The van der Waals surface area contributed by atoms with Crippen LogP contribution in [0.2, 0.25) is 0 Å². The average Bonchev–Trinajstić information content (AvgIpc) is 3.05. The monoisotopic (exact) mass is 338 g/mol. The summed E-state index contributed by atoms with van der Waals surface area (Å²) >= 11 is 0. The van der Waals surface area contributed by atoms with Gasteiger partial charge in [-0.25, -0.2) is 9.50 Å². The molecule has 0 saturated carbocycles. The Kier molecular flexibility index (Phi) is 3.56. The molecule has 4 rings (SSSR count). The van der Waals surface area contributed by atoms with Crippen LogP contribution in [0.15, 0.2) is 42.9 Å². The highest BCUT2D eigenvalue weighted by Crippen LogP contribution is 2.34. The molecule has 0 bridgehead atoms. The smallest absolute Gasteiger partial charge is 0.257 e. The Hall–Kier alpha value is -3.09. The Labute approximate surface area is 144 Å². The summed E-state index contributed by atoms with van der Waals surface area (Å²) in [6, 6.07) is 7.47. The number of hydrogen-bond acceptors (Lipinski definition) is 5. The second kappa shape index (κ2) is 5.77. The van der Waals surface area contributed by atoms with Crippen molar-refractivity contribution in [2.75, 3.05) is 13.2 Å². The molecule has 1 aromatic carbocycles. The fourth-order valence-corrected chi connectivity index (χ4v) is 2.84. The van der Waals surface area contributed by atoms with Gasteiger partial charge in [0, 0.05) is 12.4 Å². The fourth-order valence-electron chi connectivity index (χ4n) is 2.84. The van der Waals surface area contributed by atoms with Gasteiger partial charge in [0.2, 0.25) is 0 Å². The molecule has 0 fully saturated rings. The lowest BCUT2D eigenvalue weighted by molar-refractivity contribution is 0.0913. The lowest BCUT2D eigenvalue weighted by Gasteiger charge is -2.28. The van der Waals surface area contributed by atoms with Gasteiger partial charge in [0.05, 0.1) is 11.7 Å². The molecule has 1 amide bonds. The van der Waals surface area contributed by atoms with Crippen molar-refractivity contribution >= 4 is 11.6 Å². The number of aromatic nitrogens is 3. The van der Waals surface area contributed by atoms with Crippen LogP contribution in [0, 0.1) is 0 Å². The van der Waals surface area contributed by atoms with E-state index in [1.54, 1.807) is 23.0 Å². The molecule has 0 spiro atoms. The van der Waals surface area contributed by atoms with Gasteiger partial charge in [-0.3, -0.25) is 4.79 Å². The van der Waals surface area contributed by atoms with E-state index in [0.29, 0.717) is 30.2 Å². The summed E-state index contributed by atoms with van der Waals surface area (Å²) in [5, 5.41) is 7.20. The van der Waals surface area contributed by atoms with Crippen molar-refractivity contribution in [2.24, 2.45) is 0 Å². The van der Waals surface area contributed by atoms with Crippen molar-refractivity contribution in [3.8, 4) is 11.5 Å². The number of amides is 1. The average molecular weight is 338 g/mol. The molecule has 0 atom stereocenters. The predicted octanol–water partition coefficient (Wildman–Crippen LogP) is 2.17. The van der Waals surface area contributed by atoms with E-state index in [1.165, 1.54) is 6.20 Å². The van der Waals surface area contributed by atoms with Crippen molar-refractivity contribution in [1.82, 2.24) is 19.9 Å². The van der Waals surface area contributed by atoms with Crippen molar-refractivity contribution < 1.29 is 14.3 Å². The highest BCUT2D eigenvalue weighted by atomic mass is 16.6. The van der Waals surface area contributed by atoms with Crippen LogP contribution in [0.1, 0.15) is 29.8 Å². The van der Waals surface area contributed by atoms with Crippen LogP contribution in [0.3, 0.4) is 0 Å². The molecule has 128 valence electrons. The van der Waals surface area contributed by atoms with Crippen LogP contribution in [0.4, 0.5) is 0 Å². The Morgan fingerprint density at radius 2 is 2.04 bits per heavy atom. The quantitative estimate of drug-likeness (QED) is 0.792. The molecule has 7 nitrogen and oxygen atoms in total. The first-order chi connectivity index (χ1) is 12.0. The number of rotatable bonds is 3. The topological polar surface area (TPSA) is 77.8 Å². The minimum Gasteiger partial charge on any atom is -0.486 e. The molecular formula is C18H18N4O3. The number of nitrogens with zero attached hydrogens (tertiary/aromatic N) is 3. The van der Waals surface area contributed by atoms with Crippen LogP contribution in [-0.2, 0) is 5.54 Å². The first-order valence-corrected chi connectivity index (χ1v) is 8.05. The second-order valence-corrected chi connectivity index (χ2v) is 6.38. The number of benzene rings is 1. The van der Waals surface area contributed by atoms with E-state index in [1.807, 2.05) is 32.0 Å². The van der Waals surface area contributed by atoms with E-state index in [2.05, 4.69) is 15.4 Å². The molecule has 1 aliphatic rings. The molecule has 1 aliphatic heterocycles. The highest BCUT2D eigenvalue weighted by molar-refractivity contribution is 6.00. The molecule has 0 aliphatic carbocycles. The first kappa shape index (κ1) is 15.4. The summed E-state index contributed by atoms with van der Waals surface area (Å²) in [5.74, 6) is 1.20. The van der Waals surface area contributed by atoms with Gasteiger partial charge in [0.25, 0.3) is 5.91 Å². The lowest BCUT2D eigenvalue weighted by atomic mass is 9.93. The SMILES string of the molecule is CC(C)(NC(=O)c1cnn2cccnc12)c1ccc2c(c1)OCCO2. The van der Waals surface area contributed by atoms with E-state index < -0.39 is 5.54 Å². The van der Waals surface area contributed by atoms with Gasteiger partial charge in [-0.05, 0) is 37.6 Å². The van der Waals surface area contributed by atoms with Crippen molar-refractivity contribution in [3.05, 3.63) is 54.0 Å². The number of carbonyl (C=O) groups excluding carboxylic acids is 1. The summed E-state index contributed by atoms with van der Waals surface area (Å²) in [6.07, 6.45) is 4.92. The Morgan fingerprint density at radius 3 is 2.88 bits per heavy atom. The third-order valence-corrected chi connectivity index (χ3v) is 4.21. The predicted molar refractivity (Wildman–Crippen MR) is 90.9 cm³/mol. The Morgan fingerprint density at radius 1 is 1.24 bits per heavy atom. The van der Waals surface area contributed by atoms with Crippen LogP contribution in [-0.4, -0.2) is 33.7 Å². The largest absolute Gasteiger partial charge is 0.486 e. The molecule has 0 unspecified atom stereocenters. The maximum Gasteiger partial charge on any atom is 0.257 e. The normalized spacial score (nSPS) is 13.7. The van der Waals surface area contributed by atoms with E-state index in [4.69, 9.17) is 9.47 Å². The Bertz CT molecular complexity index is 948. The van der Waals surface area contributed by atoms with E-state index in [9.17, 15) is 4.79 Å². The third kappa shape index (κ3) is 2.77. The molecule has 7 heteroatoms. The molecule has 3 heterocycles. The molecule has 1 N–H and O–H groups in total. The fraction of sp³-hybridized carbons (Fsp3) is 0.278. The van der Waals surface area contributed by atoms with Crippen LogP contribution in [0.5, 0.6) is 11.5 Å². The van der Waals surface area contributed by atoms with Crippen molar-refractivity contribution in [2.45, 2.75) is 19.4 Å². The molecule has 25 heavy (non-hydrogen) atoms. The molecule has 3 aromatic rings. The summed E-state index contributed by atoms with van der Waals surface area (Å²) in [4.78, 5) is 17.0. The molecule has 2 aromatic heterocycles. The van der Waals surface area contributed by atoms with Gasteiger partial charge in [0.1, 0.15) is 18.8 Å². The van der Waals surface area contributed by atoms with Crippen molar-refractivity contribution in [1.29, 1.82) is 0 Å². The third-order valence-electron chi connectivity index (χ3n) is 4.21. The number of hydrogen-bond donors (Lipinski definition) is 1. The van der Waals surface area contributed by atoms with Gasteiger partial charge in [-0.15, -0.1) is 0 Å². The zero-order valence-electron chi connectivity index (χ0n) is 14.0. The van der Waals surface area contributed by atoms with E-state index in [0.717, 1.165) is 11.3 Å². The minimum atomic E-state index is -0.601. The second-order valence-electron chi connectivity index (χ2n) is 6.38. The number of fused-ring (bicyclic) bond motifs is 2. The summed E-state index contributed by atoms with van der Waals surface area (Å²) in [5.41, 5.74) is 1.29. The van der Waals surface area contributed by atoms with Gasteiger partial charge in [-0.1, -0.05) is 6.07 Å². The highest BCUT2D eigenvalue weighted by Gasteiger charge is 2.27. The number of nitrogens with one attached hydrogen (secondary N) is 1. The van der Waals surface area contributed by atoms with Gasteiger partial charge < -0.3 is 14.8 Å². The van der Waals surface area contributed by atoms with Crippen molar-refractivity contribution in [3.63, 3.8) is 0 Å². The van der Waals surface area contributed by atoms with Gasteiger partial charge in [-0.2, -0.15) is 5.10 Å². The van der Waals surface area contributed by atoms with Crippen LogP contribution >= 0.6 is 0 Å². The standard InChI is InChI=1S/C18H18N4O3/c1-18(2,12-4-5-14-15(10-12)25-9-8-24-14)21-17(23)13-11-20-22-7-3-6-19-16(13)22/h3-7,10-11H,8-9H2,1-2H3,(H,21,23). The first-order valence-electron chi connectivity index (χ1n) is 8.05. The van der Waals surface area contributed by atoms with E-state index >= 15 is 0 Å². The molecule has 0 radical (unpaired) electrons. The zero-order chi connectivity index (χ0) is 17.4. The number of ether oxygens (including phenoxy) is 2. The van der Waals surface area contributed by atoms with Gasteiger partial charge in [0.15, 0.2) is 17.1 Å². The zero-order valence-corrected chi connectivity index (χ0v) is 14.0. The number of carbonyl (C=O) groups is 1. The van der Waals surface area contributed by atoms with Crippen LogP contribution in [0.25, 0.3) is 5.65 Å². The van der Waals surface area contributed by atoms with E-state index in [-0.39, 0.29) is 5.91 Å². The molecule has 0 saturated heterocycles. The maximum absolute atomic E-state index is 12.7. The summed E-state index contributed by atoms with van der Waals surface area (Å²) in [7, 11) is 0. The minimum absolute atomic E-state index is 0.228. The van der Waals surface area contributed by atoms with Crippen LogP contribution < -0.4 is 14.8 Å². The Balaban J connectivity index is 1.61.